The van der Waals surface area contributed by atoms with Crippen LogP contribution < -0.4 is 4.74 Å². The molecule has 0 radical (unpaired) electrons. The third-order valence-corrected chi connectivity index (χ3v) is 8.46. The van der Waals surface area contributed by atoms with Crippen molar-refractivity contribution in [3.05, 3.63) is 59.2 Å². The molecule has 0 spiro atoms. The minimum atomic E-state index is -0.968. The topological polar surface area (TPSA) is 68.7 Å². The van der Waals surface area contributed by atoms with Crippen LogP contribution in [0.4, 0.5) is 0 Å². The van der Waals surface area contributed by atoms with Crippen molar-refractivity contribution in [3.63, 3.8) is 0 Å². The second-order valence-corrected chi connectivity index (χ2v) is 11.2. The molecule has 2 aromatic heterocycles. The fraction of sp³-hybridized carbons (Fsp3) is 0.400. The lowest BCUT2D eigenvalue weighted by Gasteiger charge is -2.29. The van der Waals surface area contributed by atoms with Crippen LogP contribution in [0.3, 0.4) is 0 Å². The number of thiophene rings is 1. The summed E-state index contributed by atoms with van der Waals surface area (Å²) in [6.45, 7) is 8.79. The van der Waals surface area contributed by atoms with E-state index in [1.54, 1.807) is 17.4 Å². The summed E-state index contributed by atoms with van der Waals surface area (Å²) in [5, 5.41) is 12.0. The Hall–Kier alpha value is -2.96. The lowest BCUT2D eigenvalue weighted by Crippen LogP contribution is -2.27. The number of hydrogen-bond donors (Lipinski definition) is 1. The van der Waals surface area contributed by atoms with Crippen LogP contribution in [0, 0.1) is 19.8 Å². The molecule has 0 bridgehead atoms. The SMILES string of the molecule is Cc1c(-c2cc(C(=O)O)c3c(OCC4CCC(OC(C)C)CC4)ccc(C)c3n2)sc2ccccc12. The van der Waals surface area contributed by atoms with Crippen LogP contribution in [0.1, 0.15) is 61.0 Å². The Morgan fingerprint density at radius 3 is 2.56 bits per heavy atom. The van der Waals surface area contributed by atoms with Crippen molar-refractivity contribution in [2.45, 2.75) is 65.6 Å². The first-order chi connectivity index (χ1) is 17.3. The quantitative estimate of drug-likeness (QED) is 0.279. The summed E-state index contributed by atoms with van der Waals surface area (Å²) in [5.41, 5.74) is 3.68. The fourth-order valence-corrected chi connectivity index (χ4v) is 6.46. The number of fused-ring (bicyclic) bond motifs is 2. The Balaban J connectivity index is 1.47. The Bertz CT molecular complexity index is 1420. The van der Waals surface area contributed by atoms with Gasteiger partial charge in [0.25, 0.3) is 0 Å². The van der Waals surface area contributed by atoms with Crippen molar-refractivity contribution in [1.82, 2.24) is 4.98 Å². The summed E-state index contributed by atoms with van der Waals surface area (Å²) in [6.07, 6.45) is 4.78. The molecule has 1 N–H and O–H groups in total. The van der Waals surface area contributed by atoms with Crippen molar-refractivity contribution >= 4 is 38.3 Å². The fourth-order valence-electron chi connectivity index (χ4n) is 5.29. The van der Waals surface area contributed by atoms with Crippen LogP contribution in [0.25, 0.3) is 31.6 Å². The molecule has 1 aliphatic carbocycles. The number of benzene rings is 2. The molecule has 0 atom stereocenters. The molecule has 36 heavy (non-hydrogen) atoms. The zero-order valence-electron chi connectivity index (χ0n) is 21.3. The van der Waals surface area contributed by atoms with Gasteiger partial charge in [-0.05, 0) is 94.0 Å². The van der Waals surface area contributed by atoms with Gasteiger partial charge in [-0.15, -0.1) is 11.3 Å². The summed E-state index contributed by atoms with van der Waals surface area (Å²) >= 11 is 1.65. The number of aromatic carboxylic acids is 1. The highest BCUT2D eigenvalue weighted by Crippen LogP contribution is 2.40. The summed E-state index contributed by atoms with van der Waals surface area (Å²) in [5.74, 6) is 0.0694. The third-order valence-electron chi connectivity index (χ3n) is 7.16. The van der Waals surface area contributed by atoms with Crippen molar-refractivity contribution in [2.75, 3.05) is 6.61 Å². The molecule has 1 saturated carbocycles. The minimum absolute atomic E-state index is 0.236. The van der Waals surface area contributed by atoms with Gasteiger partial charge < -0.3 is 14.6 Å². The first kappa shape index (κ1) is 24.7. The zero-order chi connectivity index (χ0) is 25.4. The van der Waals surface area contributed by atoms with E-state index in [9.17, 15) is 9.90 Å². The smallest absolute Gasteiger partial charge is 0.336 e. The molecule has 0 unspecified atom stereocenters. The van der Waals surface area contributed by atoms with Gasteiger partial charge >= 0.3 is 5.97 Å². The highest BCUT2D eigenvalue weighted by atomic mass is 32.1. The second kappa shape index (κ2) is 10.2. The van der Waals surface area contributed by atoms with Crippen molar-refractivity contribution in [3.8, 4) is 16.3 Å². The molecule has 5 nitrogen and oxygen atoms in total. The minimum Gasteiger partial charge on any atom is -0.493 e. The number of carboxylic acids is 1. The summed E-state index contributed by atoms with van der Waals surface area (Å²) in [7, 11) is 0. The van der Waals surface area contributed by atoms with E-state index in [1.165, 1.54) is 10.1 Å². The predicted molar refractivity (Wildman–Crippen MR) is 146 cm³/mol. The molecule has 2 aromatic carbocycles. The number of aromatic nitrogens is 1. The van der Waals surface area contributed by atoms with E-state index in [2.05, 4.69) is 32.9 Å². The average Bonchev–Trinajstić information content (AvgIpc) is 3.20. The maximum Gasteiger partial charge on any atom is 0.336 e. The largest absolute Gasteiger partial charge is 0.493 e. The number of aryl methyl sites for hydroxylation is 2. The van der Waals surface area contributed by atoms with Gasteiger partial charge in [-0.1, -0.05) is 24.3 Å². The van der Waals surface area contributed by atoms with Gasteiger partial charge in [-0.3, -0.25) is 0 Å². The third kappa shape index (κ3) is 4.84. The number of nitrogens with zero attached hydrogens (tertiary/aromatic N) is 1. The Morgan fingerprint density at radius 2 is 1.86 bits per heavy atom. The normalized spacial score (nSPS) is 18.2. The van der Waals surface area contributed by atoms with Crippen LogP contribution in [0.2, 0.25) is 0 Å². The van der Waals surface area contributed by atoms with Gasteiger partial charge in [0.2, 0.25) is 0 Å². The van der Waals surface area contributed by atoms with Gasteiger partial charge in [0.15, 0.2) is 0 Å². The standard InChI is InChI=1S/C30H33NO4S/c1-17(2)35-21-12-10-20(11-13-21)16-34-25-14-9-18(3)28-27(25)23(30(32)33)15-24(31-28)29-19(4)22-7-5-6-8-26(22)36-29/h5-9,14-15,17,20-21H,10-13,16H2,1-4H3,(H,32,33). The highest BCUT2D eigenvalue weighted by molar-refractivity contribution is 7.22. The molecule has 2 heterocycles. The van der Waals surface area contributed by atoms with Gasteiger partial charge in [0, 0.05) is 4.70 Å². The molecule has 6 heteroatoms. The van der Waals surface area contributed by atoms with E-state index in [0.29, 0.717) is 41.0 Å². The van der Waals surface area contributed by atoms with Crippen LogP contribution in [0.5, 0.6) is 5.75 Å². The number of carbonyl (C=O) groups is 1. The van der Waals surface area contributed by atoms with E-state index >= 15 is 0 Å². The lowest BCUT2D eigenvalue weighted by atomic mass is 9.88. The second-order valence-electron chi connectivity index (χ2n) is 10.2. The first-order valence-corrected chi connectivity index (χ1v) is 13.6. The number of hydrogen-bond acceptors (Lipinski definition) is 5. The maximum absolute atomic E-state index is 12.5. The van der Waals surface area contributed by atoms with Crippen molar-refractivity contribution < 1.29 is 19.4 Å². The van der Waals surface area contributed by atoms with Crippen LogP contribution in [0.15, 0.2) is 42.5 Å². The monoisotopic (exact) mass is 503 g/mol. The molecule has 0 aliphatic heterocycles. The first-order valence-electron chi connectivity index (χ1n) is 12.8. The Labute approximate surface area is 216 Å². The van der Waals surface area contributed by atoms with Crippen LogP contribution in [-0.2, 0) is 4.74 Å². The predicted octanol–water partition coefficient (Wildman–Crippen LogP) is 7.79. The van der Waals surface area contributed by atoms with E-state index < -0.39 is 5.97 Å². The summed E-state index contributed by atoms with van der Waals surface area (Å²) < 4.78 is 13.4. The molecule has 5 rings (SSSR count). The van der Waals surface area contributed by atoms with Gasteiger partial charge in [-0.2, -0.15) is 0 Å². The molecule has 1 fully saturated rings. The molecule has 4 aromatic rings. The number of pyridine rings is 1. The Kier molecular flexibility index (Phi) is 7.00. The molecule has 0 saturated heterocycles. The molecular weight excluding hydrogens is 470 g/mol. The van der Waals surface area contributed by atoms with Gasteiger partial charge in [0.1, 0.15) is 5.75 Å². The molecule has 0 amide bonds. The van der Waals surface area contributed by atoms with Crippen molar-refractivity contribution in [1.29, 1.82) is 0 Å². The van der Waals surface area contributed by atoms with Gasteiger partial charge in [0.05, 0.1) is 45.9 Å². The lowest BCUT2D eigenvalue weighted by molar-refractivity contribution is -0.0228. The van der Waals surface area contributed by atoms with E-state index in [-0.39, 0.29) is 11.7 Å². The van der Waals surface area contributed by atoms with Crippen molar-refractivity contribution in [2.24, 2.45) is 5.92 Å². The zero-order valence-corrected chi connectivity index (χ0v) is 22.2. The van der Waals surface area contributed by atoms with E-state index in [0.717, 1.165) is 41.7 Å². The summed E-state index contributed by atoms with van der Waals surface area (Å²) in [4.78, 5) is 18.4. The van der Waals surface area contributed by atoms with Gasteiger partial charge in [-0.25, -0.2) is 9.78 Å². The number of rotatable bonds is 7. The summed E-state index contributed by atoms with van der Waals surface area (Å²) in [6, 6.07) is 13.8. The molecular formula is C30H33NO4S. The Morgan fingerprint density at radius 1 is 1.11 bits per heavy atom. The van der Waals surface area contributed by atoms with E-state index in [4.69, 9.17) is 14.5 Å². The van der Waals surface area contributed by atoms with E-state index in [1.807, 2.05) is 31.2 Å². The average molecular weight is 504 g/mol. The van der Waals surface area contributed by atoms with Crippen LogP contribution in [-0.4, -0.2) is 34.9 Å². The maximum atomic E-state index is 12.5. The molecule has 188 valence electrons. The number of ether oxygens (including phenoxy) is 2. The highest BCUT2D eigenvalue weighted by Gasteiger charge is 2.24. The number of carboxylic acid groups (broad SMARTS) is 1. The molecule has 1 aliphatic rings. The van der Waals surface area contributed by atoms with Crippen LogP contribution >= 0.6 is 11.3 Å².